The van der Waals surface area contributed by atoms with Crippen molar-refractivity contribution in [3.63, 3.8) is 0 Å². The molecule has 0 bridgehead atoms. The van der Waals surface area contributed by atoms with E-state index < -0.39 is 17.4 Å². The van der Waals surface area contributed by atoms with E-state index in [0.717, 1.165) is 44.3 Å². The van der Waals surface area contributed by atoms with Gasteiger partial charge < -0.3 is 9.42 Å². The molecule has 4 rings (SSSR count). The minimum atomic E-state index is -4.57. The average molecular weight is 404 g/mol. The topological polar surface area (TPSA) is 66.0 Å². The van der Waals surface area contributed by atoms with Gasteiger partial charge >= 0.3 is 6.18 Å². The first-order valence-electron chi connectivity index (χ1n) is 10.0. The third-order valence-electron chi connectivity index (χ3n) is 6.44. The molecular formula is C21H23F3N4O. The molecule has 0 amide bonds. The lowest BCUT2D eigenvalue weighted by atomic mass is 9.69. The summed E-state index contributed by atoms with van der Waals surface area (Å²) in [6, 6.07) is 13.0. The summed E-state index contributed by atoms with van der Waals surface area (Å²) in [4.78, 5) is 5.96. The molecule has 0 unspecified atom stereocenters. The zero-order valence-electron chi connectivity index (χ0n) is 16.0. The molecule has 1 aromatic heterocycles. The highest BCUT2D eigenvalue weighted by Crippen LogP contribution is 2.41. The highest BCUT2D eigenvalue weighted by molar-refractivity contribution is 5.33. The minimum absolute atomic E-state index is 0.0909. The van der Waals surface area contributed by atoms with E-state index in [2.05, 4.69) is 21.1 Å². The van der Waals surface area contributed by atoms with Crippen LogP contribution in [0.25, 0.3) is 0 Å². The molecule has 0 atom stereocenters. The molecular weight excluding hydrogens is 381 g/mol. The van der Waals surface area contributed by atoms with Gasteiger partial charge in [-0.2, -0.15) is 23.4 Å². The van der Waals surface area contributed by atoms with Crippen LogP contribution in [0.2, 0.25) is 0 Å². The molecule has 1 aromatic carbocycles. The number of hydrogen-bond acceptors (Lipinski definition) is 5. The summed E-state index contributed by atoms with van der Waals surface area (Å²) in [5.74, 6) is -1.23. The third-order valence-corrected chi connectivity index (χ3v) is 6.44. The van der Waals surface area contributed by atoms with Gasteiger partial charge in [-0.3, -0.25) is 0 Å². The first-order chi connectivity index (χ1) is 13.9. The Balaban J connectivity index is 1.33. The van der Waals surface area contributed by atoms with Crippen LogP contribution in [-0.4, -0.2) is 34.2 Å². The molecule has 0 N–H and O–H groups in total. The number of halogens is 3. The number of likely N-dealkylation sites (tertiary alicyclic amines) is 1. The van der Waals surface area contributed by atoms with Crippen molar-refractivity contribution in [3.05, 3.63) is 47.6 Å². The monoisotopic (exact) mass is 404 g/mol. The number of piperidine rings is 1. The molecule has 1 saturated heterocycles. The van der Waals surface area contributed by atoms with E-state index in [1.54, 1.807) is 0 Å². The van der Waals surface area contributed by atoms with Crippen LogP contribution in [0.15, 0.2) is 34.9 Å². The fourth-order valence-electron chi connectivity index (χ4n) is 4.71. The van der Waals surface area contributed by atoms with Crippen LogP contribution < -0.4 is 0 Å². The first-order valence-corrected chi connectivity index (χ1v) is 10.0. The predicted octanol–water partition coefficient (Wildman–Crippen LogP) is 4.67. The molecule has 2 aliphatic rings. The van der Waals surface area contributed by atoms with Crippen molar-refractivity contribution in [3.8, 4) is 6.07 Å². The quantitative estimate of drug-likeness (QED) is 0.744. The van der Waals surface area contributed by atoms with Crippen LogP contribution >= 0.6 is 0 Å². The summed E-state index contributed by atoms with van der Waals surface area (Å²) in [5, 5.41) is 12.9. The highest BCUT2D eigenvalue weighted by atomic mass is 19.4. The fourth-order valence-corrected chi connectivity index (χ4v) is 4.71. The zero-order valence-corrected chi connectivity index (χ0v) is 16.0. The molecule has 0 radical (unpaired) electrons. The maximum Gasteiger partial charge on any atom is 0.455 e. The molecule has 8 heteroatoms. The summed E-state index contributed by atoms with van der Waals surface area (Å²) >= 11 is 0. The van der Waals surface area contributed by atoms with Crippen molar-refractivity contribution >= 4 is 0 Å². The van der Waals surface area contributed by atoms with E-state index in [1.165, 1.54) is 0 Å². The largest absolute Gasteiger partial charge is 0.455 e. The fraction of sp³-hybridized carbons (Fsp3) is 0.571. The van der Waals surface area contributed by atoms with E-state index in [1.807, 2.05) is 30.3 Å². The SMILES string of the molecule is N#CC1(c2ccccc2)CCC(N2CCC(c3nc(C(F)(F)F)no3)CC2)CC1. The number of nitrogens with zero attached hydrogens (tertiary/aromatic N) is 4. The van der Waals surface area contributed by atoms with Gasteiger partial charge in [0.1, 0.15) is 0 Å². The number of alkyl halides is 3. The Morgan fingerprint density at radius 2 is 1.72 bits per heavy atom. The molecule has 29 heavy (non-hydrogen) atoms. The molecule has 2 fully saturated rings. The molecule has 5 nitrogen and oxygen atoms in total. The van der Waals surface area contributed by atoms with E-state index in [4.69, 9.17) is 4.52 Å². The standard InChI is InChI=1S/C21H23F3N4O/c22-21(23,24)19-26-18(29-27-19)15-8-12-28(13-9-15)17-6-10-20(14-25,11-7-17)16-4-2-1-3-5-16/h1-5,15,17H,6-13H2. The van der Waals surface area contributed by atoms with Gasteiger partial charge in [0, 0.05) is 12.0 Å². The molecule has 2 heterocycles. The molecule has 1 aliphatic heterocycles. The Hall–Kier alpha value is -2.40. The van der Waals surface area contributed by atoms with Crippen molar-refractivity contribution in [1.29, 1.82) is 5.26 Å². The Bertz CT molecular complexity index is 858. The van der Waals surface area contributed by atoms with Crippen LogP contribution in [0.1, 0.15) is 61.7 Å². The Morgan fingerprint density at radius 3 is 2.28 bits per heavy atom. The molecule has 1 aliphatic carbocycles. The Kier molecular flexibility index (Phi) is 5.34. The predicted molar refractivity (Wildman–Crippen MR) is 98.8 cm³/mol. The second-order valence-corrected chi connectivity index (χ2v) is 8.06. The van der Waals surface area contributed by atoms with E-state index >= 15 is 0 Å². The smallest absolute Gasteiger partial charge is 0.339 e. The lowest BCUT2D eigenvalue weighted by molar-refractivity contribution is -0.146. The number of benzene rings is 1. The molecule has 1 saturated carbocycles. The maximum atomic E-state index is 12.7. The molecule has 2 aromatic rings. The molecule has 0 spiro atoms. The van der Waals surface area contributed by atoms with Crippen LogP contribution in [0.5, 0.6) is 0 Å². The Labute approximate surface area is 167 Å². The van der Waals surface area contributed by atoms with Crippen LogP contribution in [0.3, 0.4) is 0 Å². The minimum Gasteiger partial charge on any atom is -0.339 e. The molecule has 154 valence electrons. The number of rotatable bonds is 3. The van der Waals surface area contributed by atoms with Gasteiger partial charge in [-0.05, 0) is 57.2 Å². The summed E-state index contributed by atoms with van der Waals surface area (Å²) < 4.78 is 42.9. The van der Waals surface area contributed by atoms with Gasteiger partial charge in [0.2, 0.25) is 5.89 Å². The number of aromatic nitrogens is 2. The van der Waals surface area contributed by atoms with Crippen LogP contribution in [-0.2, 0) is 11.6 Å². The maximum absolute atomic E-state index is 12.7. The summed E-state index contributed by atoms with van der Waals surface area (Å²) in [6.45, 7) is 1.59. The van der Waals surface area contributed by atoms with Gasteiger partial charge in [-0.1, -0.05) is 35.5 Å². The summed E-state index contributed by atoms with van der Waals surface area (Å²) in [6.07, 6.45) is 0.401. The average Bonchev–Trinajstić information content (AvgIpc) is 3.26. The summed E-state index contributed by atoms with van der Waals surface area (Å²) in [7, 11) is 0. The Morgan fingerprint density at radius 1 is 1.07 bits per heavy atom. The second kappa shape index (κ2) is 7.79. The highest BCUT2D eigenvalue weighted by Gasteiger charge is 2.41. The second-order valence-electron chi connectivity index (χ2n) is 8.06. The van der Waals surface area contributed by atoms with Crippen molar-refractivity contribution in [2.24, 2.45) is 0 Å². The van der Waals surface area contributed by atoms with Gasteiger partial charge in [-0.15, -0.1) is 0 Å². The number of hydrogen-bond donors (Lipinski definition) is 0. The van der Waals surface area contributed by atoms with Crippen LogP contribution in [0, 0.1) is 11.3 Å². The van der Waals surface area contributed by atoms with Gasteiger partial charge in [0.15, 0.2) is 0 Å². The normalized spacial score (nSPS) is 26.9. The van der Waals surface area contributed by atoms with Crippen LogP contribution in [0.4, 0.5) is 13.2 Å². The zero-order chi connectivity index (χ0) is 20.5. The first kappa shape index (κ1) is 19.9. The van der Waals surface area contributed by atoms with Crippen molar-refractivity contribution in [2.75, 3.05) is 13.1 Å². The van der Waals surface area contributed by atoms with E-state index in [0.29, 0.717) is 18.9 Å². The van der Waals surface area contributed by atoms with Crippen molar-refractivity contribution in [1.82, 2.24) is 15.0 Å². The van der Waals surface area contributed by atoms with Gasteiger partial charge in [0.05, 0.1) is 11.5 Å². The van der Waals surface area contributed by atoms with Crippen molar-refractivity contribution < 1.29 is 17.7 Å². The van der Waals surface area contributed by atoms with Gasteiger partial charge in [-0.25, -0.2) is 0 Å². The number of nitriles is 1. The van der Waals surface area contributed by atoms with E-state index in [-0.39, 0.29) is 11.8 Å². The summed E-state index contributed by atoms with van der Waals surface area (Å²) in [5.41, 5.74) is 0.685. The lowest BCUT2D eigenvalue weighted by Gasteiger charge is -2.42. The third kappa shape index (κ3) is 4.01. The lowest BCUT2D eigenvalue weighted by Crippen LogP contribution is -2.45. The van der Waals surface area contributed by atoms with E-state index in [9.17, 15) is 18.4 Å². The van der Waals surface area contributed by atoms with Crippen molar-refractivity contribution in [2.45, 2.75) is 62.1 Å². The van der Waals surface area contributed by atoms with Gasteiger partial charge in [0.25, 0.3) is 5.82 Å².